The SMILES string of the molecule is CCCOCc1cccc(NC(=O)OCCN2CCCCC2)c1.Cl. The van der Waals surface area contributed by atoms with E-state index in [1.807, 2.05) is 24.3 Å². The van der Waals surface area contributed by atoms with Crippen LogP contribution in [-0.4, -0.2) is 43.8 Å². The van der Waals surface area contributed by atoms with Crippen LogP contribution < -0.4 is 5.32 Å². The van der Waals surface area contributed by atoms with Gasteiger partial charge in [-0.1, -0.05) is 25.5 Å². The molecule has 1 aliphatic rings. The Bertz CT molecular complexity index is 479. The minimum Gasteiger partial charge on any atom is -0.448 e. The van der Waals surface area contributed by atoms with Crippen LogP contribution in [0.4, 0.5) is 10.5 Å². The Morgan fingerprint density at radius 3 is 2.75 bits per heavy atom. The third-order valence-corrected chi connectivity index (χ3v) is 3.88. The summed E-state index contributed by atoms with van der Waals surface area (Å²) in [5.41, 5.74) is 1.79. The summed E-state index contributed by atoms with van der Waals surface area (Å²) in [6.45, 7) is 6.88. The van der Waals surface area contributed by atoms with Gasteiger partial charge in [-0.3, -0.25) is 10.2 Å². The number of amides is 1. The van der Waals surface area contributed by atoms with Crippen molar-refractivity contribution in [3.63, 3.8) is 0 Å². The number of piperidine rings is 1. The van der Waals surface area contributed by atoms with Crippen molar-refractivity contribution in [2.75, 3.05) is 38.2 Å². The molecule has 0 bridgehead atoms. The zero-order valence-electron chi connectivity index (χ0n) is 14.5. The first-order valence-electron chi connectivity index (χ1n) is 8.60. The van der Waals surface area contributed by atoms with E-state index in [0.29, 0.717) is 13.2 Å². The summed E-state index contributed by atoms with van der Waals surface area (Å²) >= 11 is 0. The number of anilines is 1. The molecule has 1 fully saturated rings. The van der Waals surface area contributed by atoms with E-state index in [1.165, 1.54) is 19.3 Å². The van der Waals surface area contributed by atoms with Gasteiger partial charge in [0.25, 0.3) is 0 Å². The third-order valence-electron chi connectivity index (χ3n) is 3.88. The molecule has 1 saturated heterocycles. The van der Waals surface area contributed by atoms with Gasteiger partial charge in [0, 0.05) is 18.8 Å². The maximum Gasteiger partial charge on any atom is 0.411 e. The molecule has 1 aromatic rings. The van der Waals surface area contributed by atoms with E-state index in [2.05, 4.69) is 17.1 Å². The third kappa shape index (κ3) is 7.99. The predicted octanol–water partition coefficient (Wildman–Crippen LogP) is 4.07. The van der Waals surface area contributed by atoms with Gasteiger partial charge in [-0.05, 0) is 50.0 Å². The van der Waals surface area contributed by atoms with Crippen LogP contribution in [0.5, 0.6) is 0 Å². The maximum absolute atomic E-state index is 11.8. The number of likely N-dealkylation sites (tertiary alicyclic amines) is 1. The van der Waals surface area contributed by atoms with Crippen molar-refractivity contribution >= 4 is 24.2 Å². The van der Waals surface area contributed by atoms with Crippen molar-refractivity contribution in [1.29, 1.82) is 0 Å². The van der Waals surface area contributed by atoms with E-state index in [-0.39, 0.29) is 12.4 Å². The molecule has 2 rings (SSSR count). The molecule has 0 radical (unpaired) electrons. The Morgan fingerprint density at radius 1 is 1.21 bits per heavy atom. The second-order valence-corrected chi connectivity index (χ2v) is 5.92. The first-order valence-corrected chi connectivity index (χ1v) is 8.60. The zero-order valence-corrected chi connectivity index (χ0v) is 15.3. The summed E-state index contributed by atoms with van der Waals surface area (Å²) < 4.78 is 10.8. The van der Waals surface area contributed by atoms with Gasteiger partial charge in [0.1, 0.15) is 6.61 Å². The van der Waals surface area contributed by atoms with Crippen LogP contribution in [0.1, 0.15) is 38.2 Å². The van der Waals surface area contributed by atoms with Crippen molar-refractivity contribution in [1.82, 2.24) is 4.90 Å². The van der Waals surface area contributed by atoms with Gasteiger partial charge in [-0.15, -0.1) is 12.4 Å². The van der Waals surface area contributed by atoms with Crippen LogP contribution in [0.3, 0.4) is 0 Å². The maximum atomic E-state index is 11.8. The minimum atomic E-state index is -0.395. The molecule has 5 nitrogen and oxygen atoms in total. The van der Waals surface area contributed by atoms with E-state index in [1.54, 1.807) is 0 Å². The first kappa shape index (κ1) is 20.7. The highest BCUT2D eigenvalue weighted by molar-refractivity contribution is 5.85. The zero-order chi connectivity index (χ0) is 16.3. The van der Waals surface area contributed by atoms with Crippen LogP contribution in [0.2, 0.25) is 0 Å². The Labute approximate surface area is 151 Å². The molecule has 1 N–H and O–H groups in total. The lowest BCUT2D eigenvalue weighted by atomic mass is 10.1. The van der Waals surface area contributed by atoms with Crippen LogP contribution >= 0.6 is 12.4 Å². The smallest absolute Gasteiger partial charge is 0.411 e. The fourth-order valence-corrected chi connectivity index (χ4v) is 2.68. The van der Waals surface area contributed by atoms with E-state index < -0.39 is 6.09 Å². The monoisotopic (exact) mass is 356 g/mol. The number of carbonyl (C=O) groups excluding carboxylic acids is 1. The molecule has 0 unspecified atom stereocenters. The second-order valence-electron chi connectivity index (χ2n) is 5.92. The van der Waals surface area contributed by atoms with Crippen molar-refractivity contribution in [3.05, 3.63) is 29.8 Å². The topological polar surface area (TPSA) is 50.8 Å². The van der Waals surface area contributed by atoms with Crippen molar-refractivity contribution < 1.29 is 14.3 Å². The van der Waals surface area contributed by atoms with Crippen LogP contribution in [-0.2, 0) is 16.1 Å². The van der Waals surface area contributed by atoms with Gasteiger partial charge in [-0.25, -0.2) is 4.79 Å². The Hall–Kier alpha value is -1.30. The van der Waals surface area contributed by atoms with Crippen LogP contribution in [0.25, 0.3) is 0 Å². The van der Waals surface area contributed by atoms with Crippen molar-refractivity contribution in [2.24, 2.45) is 0 Å². The fourth-order valence-electron chi connectivity index (χ4n) is 2.68. The van der Waals surface area contributed by atoms with Gasteiger partial charge >= 0.3 is 6.09 Å². The summed E-state index contributed by atoms with van der Waals surface area (Å²) in [4.78, 5) is 14.2. The number of halogens is 1. The molecule has 1 aromatic carbocycles. The number of nitrogens with one attached hydrogen (secondary N) is 1. The molecule has 0 spiro atoms. The molecule has 0 saturated carbocycles. The average Bonchev–Trinajstić information content (AvgIpc) is 2.56. The Kier molecular flexibility index (Phi) is 10.5. The van der Waals surface area contributed by atoms with E-state index >= 15 is 0 Å². The van der Waals surface area contributed by atoms with Gasteiger partial charge < -0.3 is 9.47 Å². The molecule has 1 aliphatic heterocycles. The summed E-state index contributed by atoms with van der Waals surface area (Å²) in [5, 5.41) is 2.78. The second kappa shape index (κ2) is 12.1. The van der Waals surface area contributed by atoms with Crippen LogP contribution in [0.15, 0.2) is 24.3 Å². The minimum absolute atomic E-state index is 0. The quantitative estimate of drug-likeness (QED) is 0.713. The molecule has 0 aromatic heterocycles. The molecule has 6 heteroatoms. The van der Waals surface area contributed by atoms with Gasteiger partial charge in [0.15, 0.2) is 0 Å². The summed E-state index contributed by atoms with van der Waals surface area (Å²) in [6, 6.07) is 7.67. The lowest BCUT2D eigenvalue weighted by Gasteiger charge is -2.25. The highest BCUT2D eigenvalue weighted by Crippen LogP contribution is 2.12. The molecule has 24 heavy (non-hydrogen) atoms. The summed E-state index contributed by atoms with van der Waals surface area (Å²) in [6.07, 6.45) is 4.42. The molecule has 0 atom stereocenters. The normalized spacial score (nSPS) is 14.7. The first-order chi connectivity index (χ1) is 11.3. The number of rotatable bonds is 8. The standard InChI is InChI=1S/C18H28N2O3.ClH/c1-2-12-22-15-16-7-6-8-17(14-16)19-18(21)23-13-11-20-9-4-3-5-10-20;/h6-8,14H,2-5,9-13,15H2,1H3,(H,19,21);1H. The van der Waals surface area contributed by atoms with Crippen molar-refractivity contribution in [3.8, 4) is 0 Å². The predicted molar refractivity (Wildman–Crippen MR) is 98.9 cm³/mol. The van der Waals surface area contributed by atoms with E-state index in [0.717, 1.165) is 43.9 Å². The van der Waals surface area contributed by atoms with E-state index in [4.69, 9.17) is 9.47 Å². The highest BCUT2D eigenvalue weighted by atomic mass is 35.5. The molecular formula is C18H29ClN2O3. The van der Waals surface area contributed by atoms with Gasteiger partial charge in [0.2, 0.25) is 0 Å². The number of benzene rings is 1. The average molecular weight is 357 g/mol. The Balaban J connectivity index is 0.00000288. The van der Waals surface area contributed by atoms with Crippen LogP contribution in [0, 0.1) is 0 Å². The number of nitrogens with zero attached hydrogens (tertiary/aromatic N) is 1. The largest absolute Gasteiger partial charge is 0.448 e. The Morgan fingerprint density at radius 2 is 2.00 bits per heavy atom. The summed E-state index contributed by atoms with van der Waals surface area (Å²) in [7, 11) is 0. The fraction of sp³-hybridized carbons (Fsp3) is 0.611. The lowest BCUT2D eigenvalue weighted by Crippen LogP contribution is -2.33. The highest BCUT2D eigenvalue weighted by Gasteiger charge is 2.10. The van der Waals surface area contributed by atoms with Gasteiger partial charge in [-0.2, -0.15) is 0 Å². The number of hydrogen-bond donors (Lipinski definition) is 1. The number of ether oxygens (including phenoxy) is 2. The number of hydrogen-bond acceptors (Lipinski definition) is 4. The molecule has 136 valence electrons. The molecular weight excluding hydrogens is 328 g/mol. The van der Waals surface area contributed by atoms with Crippen molar-refractivity contribution in [2.45, 2.75) is 39.2 Å². The molecule has 1 amide bonds. The summed E-state index contributed by atoms with van der Waals surface area (Å²) in [5.74, 6) is 0. The van der Waals surface area contributed by atoms with Gasteiger partial charge in [0.05, 0.1) is 6.61 Å². The lowest BCUT2D eigenvalue weighted by molar-refractivity contribution is 0.121. The number of carbonyl (C=O) groups is 1. The molecule has 1 heterocycles. The van der Waals surface area contributed by atoms with E-state index in [9.17, 15) is 4.79 Å². The molecule has 0 aliphatic carbocycles.